The lowest BCUT2D eigenvalue weighted by molar-refractivity contribution is 0.236. The lowest BCUT2D eigenvalue weighted by Crippen LogP contribution is -2.04. The molecule has 0 aromatic carbocycles. The van der Waals surface area contributed by atoms with E-state index in [0.717, 1.165) is 6.66 Å². The van der Waals surface area contributed by atoms with Crippen LogP contribution in [-0.4, -0.2) is 16.3 Å². The molecule has 1 rings (SSSR count). The Balaban J connectivity index is 2.66. The van der Waals surface area contributed by atoms with E-state index >= 15 is 0 Å². The number of rotatable bonds is 2. The van der Waals surface area contributed by atoms with Crippen LogP contribution in [0.1, 0.15) is 0 Å². The quantitative estimate of drug-likeness (QED) is 0.650. The van der Waals surface area contributed by atoms with Crippen molar-refractivity contribution >= 4 is 7.60 Å². The Kier molecular flexibility index (Phi) is 1.83. The van der Waals surface area contributed by atoms with Crippen LogP contribution >= 0.6 is 7.60 Å². The fourth-order valence-electron chi connectivity index (χ4n) is 0.548. The second kappa shape index (κ2) is 2.48. The number of aromatic nitrogens is 1. The van der Waals surface area contributed by atoms with Gasteiger partial charge in [-0.05, 0) is 12.1 Å². The first-order chi connectivity index (χ1) is 4.58. The van der Waals surface area contributed by atoms with Crippen LogP contribution in [0.15, 0.2) is 24.5 Å². The zero-order valence-electron chi connectivity index (χ0n) is 5.47. The summed E-state index contributed by atoms with van der Waals surface area (Å²) in [5.74, 6) is 0. The van der Waals surface area contributed by atoms with Gasteiger partial charge in [-0.15, -0.1) is 0 Å². The molecule has 1 aromatic rings. The number of nitrogens with zero attached hydrogens (tertiary/aromatic N) is 1. The van der Waals surface area contributed by atoms with Gasteiger partial charge in [0.05, 0.1) is 6.66 Å². The molecule has 56 valence electrons. The molecular weight excluding hydrogens is 153 g/mol. The van der Waals surface area contributed by atoms with Crippen LogP contribution in [0.5, 0.6) is 0 Å². The molecule has 0 bridgehead atoms. The summed E-state index contributed by atoms with van der Waals surface area (Å²) in [4.78, 5) is 8.70. The van der Waals surface area contributed by atoms with Gasteiger partial charge in [0.1, 0.15) is 0 Å². The van der Waals surface area contributed by atoms with Gasteiger partial charge in [-0.25, -0.2) is 4.57 Å². The van der Waals surface area contributed by atoms with Crippen molar-refractivity contribution in [3.05, 3.63) is 24.5 Å². The molecule has 0 aliphatic carbocycles. The van der Waals surface area contributed by atoms with E-state index in [-0.39, 0.29) is 0 Å². The smallest absolute Gasteiger partial charge is 0.333 e. The summed E-state index contributed by atoms with van der Waals surface area (Å²) in [6, 6.07) is 3.41. The Hall–Kier alpha value is -0.730. The molecule has 1 aromatic heterocycles. The van der Waals surface area contributed by atoms with Gasteiger partial charge in [0.15, 0.2) is 0 Å². The van der Waals surface area contributed by atoms with E-state index in [1.165, 1.54) is 4.73 Å². The Morgan fingerprint density at radius 1 is 1.50 bits per heavy atom. The largest absolute Gasteiger partial charge is 0.392 e. The average Bonchev–Trinajstić information content (AvgIpc) is 2.12. The predicted octanol–water partition coefficient (Wildman–Crippen LogP) is 0.732. The molecule has 5 heteroatoms. The average molecular weight is 161 g/mol. The molecule has 0 spiro atoms. The fraction of sp³-hybridized carbons (Fsp3) is 0.200. The third-order valence-corrected chi connectivity index (χ3v) is 1.31. The molecule has 10 heavy (non-hydrogen) atoms. The first-order valence-electron chi connectivity index (χ1n) is 2.71. The summed E-state index contributed by atoms with van der Waals surface area (Å²) in [6.07, 6.45) is 3.10. The van der Waals surface area contributed by atoms with Crippen LogP contribution in [0.2, 0.25) is 0 Å². The minimum absolute atomic E-state index is 1.13. The first kappa shape index (κ1) is 7.38. The Morgan fingerprint density at radius 3 is 2.40 bits per heavy atom. The monoisotopic (exact) mass is 161 g/mol. The molecule has 0 aliphatic rings. The van der Waals surface area contributed by atoms with Crippen molar-refractivity contribution in [3.8, 4) is 0 Å². The van der Waals surface area contributed by atoms with Gasteiger partial charge in [0, 0.05) is 12.4 Å². The van der Waals surface area contributed by atoms with Gasteiger partial charge < -0.3 is 9.52 Å². The highest BCUT2D eigenvalue weighted by Gasteiger charge is 2.10. The summed E-state index contributed by atoms with van der Waals surface area (Å²) >= 11 is 0. The van der Waals surface area contributed by atoms with Gasteiger partial charge >= 0.3 is 7.60 Å². The summed E-state index contributed by atoms with van der Waals surface area (Å²) in [6.45, 7) is 1.13. The van der Waals surface area contributed by atoms with Gasteiger partial charge in [-0.1, -0.05) is 0 Å². The van der Waals surface area contributed by atoms with Crippen LogP contribution < -0.4 is 4.62 Å². The van der Waals surface area contributed by atoms with Crippen LogP contribution in [-0.2, 0) is 4.57 Å². The fourth-order valence-corrected chi connectivity index (χ4v) is 1.01. The van der Waals surface area contributed by atoms with Crippen molar-refractivity contribution in [2.24, 2.45) is 0 Å². The molecule has 0 aliphatic heterocycles. The van der Waals surface area contributed by atoms with E-state index in [2.05, 4.69) is 4.62 Å². The summed E-state index contributed by atoms with van der Waals surface area (Å²) < 4.78 is 16.4. The lowest BCUT2D eigenvalue weighted by Gasteiger charge is -2.07. The van der Waals surface area contributed by atoms with Crippen LogP contribution in [0, 0.1) is 0 Å². The van der Waals surface area contributed by atoms with E-state index in [1.807, 2.05) is 0 Å². The van der Waals surface area contributed by atoms with E-state index in [4.69, 9.17) is 4.89 Å². The highest BCUT2D eigenvalue weighted by Crippen LogP contribution is 2.31. The molecule has 1 heterocycles. The van der Waals surface area contributed by atoms with Gasteiger partial charge in [-0.2, -0.15) is 4.73 Å². The lowest BCUT2D eigenvalue weighted by atomic mass is 10.7. The zero-order chi connectivity index (χ0) is 7.61. The summed E-state index contributed by atoms with van der Waals surface area (Å²) in [5.41, 5.74) is 0. The standard InChI is InChI=1S/C5H8NO3P/c1-10(7,8)9-6-4-2-3-5-6/h2-5H,1H3,(H,7,8). The summed E-state index contributed by atoms with van der Waals surface area (Å²) in [5, 5.41) is 0. The molecule has 0 radical (unpaired) electrons. The van der Waals surface area contributed by atoms with Crippen LogP contribution in [0.3, 0.4) is 0 Å². The second-order valence-electron chi connectivity index (χ2n) is 1.93. The molecule has 0 fully saturated rings. The molecule has 1 N–H and O–H groups in total. The zero-order valence-corrected chi connectivity index (χ0v) is 6.36. The minimum atomic E-state index is -3.39. The van der Waals surface area contributed by atoms with Crippen LogP contribution in [0.4, 0.5) is 0 Å². The highest BCUT2D eigenvalue weighted by atomic mass is 31.2. The maximum absolute atomic E-state index is 10.6. The molecule has 4 nitrogen and oxygen atoms in total. The third-order valence-electron chi connectivity index (χ3n) is 0.823. The van der Waals surface area contributed by atoms with E-state index in [1.54, 1.807) is 24.5 Å². The molecular formula is C5H8NO3P. The molecule has 0 saturated carbocycles. The van der Waals surface area contributed by atoms with Gasteiger partial charge in [-0.3, -0.25) is 0 Å². The van der Waals surface area contributed by atoms with E-state index < -0.39 is 7.60 Å². The Bertz CT molecular complexity index is 237. The molecule has 1 atom stereocenters. The van der Waals surface area contributed by atoms with Crippen molar-refractivity contribution in [1.29, 1.82) is 0 Å². The number of hydrogen-bond acceptors (Lipinski definition) is 2. The maximum Gasteiger partial charge on any atom is 0.392 e. The molecule has 1 unspecified atom stereocenters. The third kappa shape index (κ3) is 2.25. The maximum atomic E-state index is 10.6. The predicted molar refractivity (Wildman–Crippen MR) is 36.8 cm³/mol. The van der Waals surface area contributed by atoms with Crippen molar-refractivity contribution in [2.45, 2.75) is 0 Å². The minimum Gasteiger partial charge on any atom is -0.333 e. The number of hydrogen-bond donors (Lipinski definition) is 1. The van der Waals surface area contributed by atoms with E-state index in [9.17, 15) is 4.57 Å². The van der Waals surface area contributed by atoms with Crippen LogP contribution in [0.25, 0.3) is 0 Å². The van der Waals surface area contributed by atoms with Gasteiger partial charge in [0.25, 0.3) is 0 Å². The SMILES string of the molecule is CP(=O)(O)On1cccc1. The molecule has 0 saturated heterocycles. The van der Waals surface area contributed by atoms with E-state index in [0.29, 0.717) is 0 Å². The van der Waals surface area contributed by atoms with Crippen molar-refractivity contribution in [2.75, 3.05) is 6.66 Å². The summed E-state index contributed by atoms with van der Waals surface area (Å²) in [7, 11) is -3.39. The van der Waals surface area contributed by atoms with Crippen molar-refractivity contribution < 1.29 is 14.1 Å². The van der Waals surface area contributed by atoms with Gasteiger partial charge in [0.2, 0.25) is 0 Å². The Labute approximate surface area is 58.5 Å². The van der Waals surface area contributed by atoms with Crippen molar-refractivity contribution in [3.63, 3.8) is 0 Å². The highest BCUT2D eigenvalue weighted by molar-refractivity contribution is 7.52. The van der Waals surface area contributed by atoms with Crippen molar-refractivity contribution in [1.82, 2.24) is 4.73 Å². The topological polar surface area (TPSA) is 51.5 Å². The molecule has 0 amide bonds. The Morgan fingerprint density at radius 2 is 2.00 bits per heavy atom. The first-order valence-corrected chi connectivity index (χ1v) is 4.74. The second-order valence-corrected chi connectivity index (χ2v) is 3.70. The normalized spacial score (nSPS) is 16.2.